The van der Waals surface area contributed by atoms with Crippen molar-refractivity contribution in [2.24, 2.45) is 14.1 Å². The Balaban J connectivity index is 1.94. The van der Waals surface area contributed by atoms with E-state index in [9.17, 15) is 22.8 Å². The predicted molar refractivity (Wildman–Crippen MR) is 109 cm³/mol. The molecule has 1 aromatic carbocycles. The van der Waals surface area contributed by atoms with Crippen molar-refractivity contribution in [2.75, 3.05) is 20.1 Å². The van der Waals surface area contributed by atoms with Gasteiger partial charge in [0.25, 0.3) is 5.56 Å². The van der Waals surface area contributed by atoms with Gasteiger partial charge in [0.15, 0.2) is 0 Å². The van der Waals surface area contributed by atoms with Gasteiger partial charge in [-0.3, -0.25) is 18.7 Å². The molecule has 0 saturated carbocycles. The van der Waals surface area contributed by atoms with Crippen molar-refractivity contribution >= 4 is 26.8 Å². The van der Waals surface area contributed by atoms with Gasteiger partial charge in [0, 0.05) is 33.7 Å². The third-order valence-corrected chi connectivity index (χ3v) is 7.43. The van der Waals surface area contributed by atoms with E-state index in [2.05, 4.69) is 0 Å². The number of sulfonamides is 1. The number of rotatable bonds is 4. The second kappa shape index (κ2) is 7.75. The van der Waals surface area contributed by atoms with Crippen LogP contribution in [0.3, 0.4) is 0 Å². The van der Waals surface area contributed by atoms with Crippen LogP contribution in [0.15, 0.2) is 32.7 Å². The van der Waals surface area contributed by atoms with Crippen molar-refractivity contribution in [1.29, 1.82) is 0 Å². The highest BCUT2D eigenvalue weighted by atomic mass is 32.2. The summed E-state index contributed by atoms with van der Waals surface area (Å²) in [7, 11) is 0.228. The van der Waals surface area contributed by atoms with Gasteiger partial charge in [0.1, 0.15) is 0 Å². The third-order valence-electron chi connectivity index (χ3n) is 5.63. The van der Waals surface area contributed by atoms with Crippen LogP contribution < -0.4 is 11.2 Å². The van der Waals surface area contributed by atoms with Crippen LogP contribution in [0.1, 0.15) is 26.2 Å². The zero-order chi connectivity index (χ0) is 21.5. The monoisotopic (exact) mass is 422 g/mol. The number of amides is 1. The van der Waals surface area contributed by atoms with Gasteiger partial charge in [-0.1, -0.05) is 0 Å². The molecule has 1 fully saturated rings. The number of nitrogens with zero attached hydrogens (tertiary/aromatic N) is 4. The van der Waals surface area contributed by atoms with E-state index in [0.29, 0.717) is 12.1 Å². The molecule has 0 spiro atoms. The van der Waals surface area contributed by atoms with Gasteiger partial charge in [-0.15, -0.1) is 0 Å². The number of likely N-dealkylation sites (N-methyl/N-ethyl adjacent to an activating group) is 1. The fourth-order valence-electron chi connectivity index (χ4n) is 3.75. The molecule has 1 aliphatic rings. The summed E-state index contributed by atoms with van der Waals surface area (Å²) in [6.45, 7) is 2.33. The highest BCUT2D eigenvalue weighted by Gasteiger charge is 2.29. The number of hydrogen-bond acceptors (Lipinski definition) is 5. The van der Waals surface area contributed by atoms with E-state index >= 15 is 0 Å². The summed E-state index contributed by atoms with van der Waals surface area (Å²) < 4.78 is 29.2. The minimum atomic E-state index is -3.98. The Kier molecular flexibility index (Phi) is 5.68. The minimum absolute atomic E-state index is 0.0947. The first-order valence-corrected chi connectivity index (χ1v) is 10.9. The Labute approximate surface area is 169 Å². The molecule has 1 aromatic heterocycles. The smallest absolute Gasteiger partial charge is 0.330 e. The number of carbonyl (C=O) groups excluding carboxylic acids is 1. The van der Waals surface area contributed by atoms with E-state index in [4.69, 9.17) is 0 Å². The Morgan fingerprint density at radius 2 is 1.86 bits per heavy atom. The van der Waals surface area contributed by atoms with E-state index in [1.54, 1.807) is 4.90 Å². The first-order chi connectivity index (χ1) is 13.6. The van der Waals surface area contributed by atoms with Gasteiger partial charge < -0.3 is 4.90 Å². The van der Waals surface area contributed by atoms with Crippen LogP contribution in [0.5, 0.6) is 0 Å². The van der Waals surface area contributed by atoms with Crippen LogP contribution in [0.2, 0.25) is 0 Å². The van der Waals surface area contributed by atoms with Crippen molar-refractivity contribution < 1.29 is 13.2 Å². The maximum atomic E-state index is 13.0. The van der Waals surface area contributed by atoms with Crippen molar-refractivity contribution in [1.82, 2.24) is 18.3 Å². The average Bonchev–Trinajstić information content (AvgIpc) is 2.70. The van der Waals surface area contributed by atoms with E-state index in [0.717, 1.165) is 28.1 Å². The van der Waals surface area contributed by atoms with Crippen LogP contribution >= 0.6 is 0 Å². The van der Waals surface area contributed by atoms with Crippen LogP contribution in [0.4, 0.5) is 0 Å². The molecular weight excluding hydrogens is 396 g/mol. The molecular formula is C19H26N4O5S. The lowest BCUT2D eigenvalue weighted by molar-refractivity contribution is -0.134. The average molecular weight is 423 g/mol. The molecule has 158 valence electrons. The van der Waals surface area contributed by atoms with Crippen LogP contribution in [0, 0.1) is 0 Å². The van der Waals surface area contributed by atoms with E-state index in [1.807, 2.05) is 6.92 Å². The highest BCUT2D eigenvalue weighted by Crippen LogP contribution is 2.20. The Morgan fingerprint density at radius 1 is 1.17 bits per heavy atom. The van der Waals surface area contributed by atoms with Crippen molar-refractivity contribution in [3.63, 3.8) is 0 Å². The van der Waals surface area contributed by atoms with Gasteiger partial charge in [-0.05, 0) is 44.4 Å². The van der Waals surface area contributed by atoms with Crippen LogP contribution in [0.25, 0.3) is 10.9 Å². The summed E-state index contributed by atoms with van der Waals surface area (Å²) in [4.78, 5) is 38.7. The van der Waals surface area contributed by atoms with Gasteiger partial charge in [-0.25, -0.2) is 13.2 Å². The first-order valence-electron chi connectivity index (χ1n) is 9.51. The lowest BCUT2D eigenvalue weighted by atomic mass is 10.0. The molecule has 0 aliphatic carbocycles. The molecule has 1 aliphatic heterocycles. The molecule has 1 unspecified atom stereocenters. The number of likely N-dealkylation sites (tertiary alicyclic amines) is 1. The van der Waals surface area contributed by atoms with E-state index in [-0.39, 0.29) is 28.8 Å². The molecule has 0 bridgehead atoms. The summed E-state index contributed by atoms with van der Waals surface area (Å²) in [5, 5.41) is 0.125. The number of carbonyl (C=O) groups is 1. The Morgan fingerprint density at radius 3 is 2.52 bits per heavy atom. The molecule has 3 rings (SSSR count). The number of fused-ring (bicyclic) bond motifs is 1. The number of benzene rings is 1. The fourth-order valence-corrected chi connectivity index (χ4v) is 4.90. The van der Waals surface area contributed by atoms with Crippen LogP contribution in [-0.4, -0.2) is 58.8 Å². The molecule has 1 amide bonds. The molecule has 2 heterocycles. The quantitative estimate of drug-likeness (QED) is 0.703. The van der Waals surface area contributed by atoms with Gasteiger partial charge >= 0.3 is 5.69 Å². The summed E-state index contributed by atoms with van der Waals surface area (Å²) in [6, 6.07) is 4.14. The van der Waals surface area contributed by atoms with Crippen molar-refractivity contribution in [3.8, 4) is 0 Å². The summed E-state index contributed by atoms with van der Waals surface area (Å²) in [5.41, 5.74) is -0.713. The Hall–Kier alpha value is -2.46. The lowest BCUT2D eigenvalue weighted by Gasteiger charge is -2.34. The van der Waals surface area contributed by atoms with Gasteiger partial charge in [-0.2, -0.15) is 4.31 Å². The van der Waals surface area contributed by atoms with E-state index in [1.165, 1.54) is 43.9 Å². The molecule has 2 aromatic rings. The van der Waals surface area contributed by atoms with Gasteiger partial charge in [0.2, 0.25) is 15.9 Å². The first kappa shape index (κ1) is 21.3. The molecule has 1 saturated heterocycles. The SMILES string of the molecule is CC1CCCCN1C(=O)CN(C)S(=O)(=O)c1ccc2c(c1)c(=O)n(C)c(=O)n2C. The Bertz CT molecular complexity index is 1180. The molecule has 10 heteroatoms. The maximum Gasteiger partial charge on any atom is 0.330 e. The molecule has 29 heavy (non-hydrogen) atoms. The summed E-state index contributed by atoms with van der Waals surface area (Å²) in [5.74, 6) is -0.234. The highest BCUT2D eigenvalue weighted by molar-refractivity contribution is 7.89. The predicted octanol–water partition coefficient (Wildman–Crippen LogP) is 0.259. The second-order valence-electron chi connectivity index (χ2n) is 7.58. The van der Waals surface area contributed by atoms with Crippen molar-refractivity contribution in [2.45, 2.75) is 37.1 Å². The molecule has 1 atom stereocenters. The zero-order valence-electron chi connectivity index (χ0n) is 17.1. The minimum Gasteiger partial charge on any atom is -0.339 e. The van der Waals surface area contributed by atoms with E-state index < -0.39 is 21.3 Å². The summed E-state index contributed by atoms with van der Waals surface area (Å²) in [6.07, 6.45) is 2.89. The summed E-state index contributed by atoms with van der Waals surface area (Å²) >= 11 is 0. The second-order valence-corrected chi connectivity index (χ2v) is 9.62. The fraction of sp³-hybridized carbons (Fsp3) is 0.526. The van der Waals surface area contributed by atoms with Crippen molar-refractivity contribution in [3.05, 3.63) is 39.0 Å². The topological polar surface area (TPSA) is 102 Å². The number of aryl methyl sites for hydroxylation is 1. The van der Waals surface area contributed by atoms with Gasteiger partial charge in [0.05, 0.1) is 22.3 Å². The third kappa shape index (κ3) is 3.74. The molecule has 0 radical (unpaired) electrons. The normalized spacial score (nSPS) is 17.8. The lowest BCUT2D eigenvalue weighted by Crippen LogP contribution is -2.47. The molecule has 9 nitrogen and oxygen atoms in total. The zero-order valence-corrected chi connectivity index (χ0v) is 17.9. The van der Waals surface area contributed by atoms with Crippen LogP contribution in [-0.2, 0) is 28.9 Å². The number of aromatic nitrogens is 2. The number of piperidine rings is 1. The maximum absolute atomic E-state index is 13.0. The largest absolute Gasteiger partial charge is 0.339 e. The standard InChI is InChI=1S/C19H26N4O5S/c1-13-7-5-6-10-23(13)17(24)12-20(2)29(27,28)14-8-9-16-15(11-14)18(25)22(4)19(26)21(16)3/h8-9,11,13H,5-7,10,12H2,1-4H3. The molecule has 0 N–H and O–H groups in total. The number of hydrogen-bond donors (Lipinski definition) is 0.